The lowest BCUT2D eigenvalue weighted by Crippen LogP contribution is -2.22. The lowest BCUT2D eigenvalue weighted by Gasteiger charge is -2.14. The Kier molecular flexibility index (Phi) is 5.83. The molecule has 0 saturated heterocycles. The fraction of sp³-hybridized carbons (Fsp3) is 0.235. The molecular weight excluding hydrogens is 301 g/mol. The molecule has 0 unspecified atom stereocenters. The van der Waals surface area contributed by atoms with Crippen LogP contribution in [0.4, 0.5) is 10.1 Å². The normalized spacial score (nSPS) is 11.8. The highest BCUT2D eigenvalue weighted by Crippen LogP contribution is 2.25. The van der Waals surface area contributed by atoms with E-state index in [1.54, 1.807) is 31.4 Å². The van der Waals surface area contributed by atoms with Crippen molar-refractivity contribution in [2.75, 3.05) is 12.4 Å². The minimum atomic E-state index is -0.254. The molecule has 0 bridgehead atoms. The number of amides is 1. The van der Waals surface area contributed by atoms with Gasteiger partial charge in [0, 0.05) is 5.75 Å². The summed E-state index contributed by atoms with van der Waals surface area (Å²) in [4.78, 5) is 12.2. The molecule has 2 aromatic carbocycles. The molecule has 1 amide bonds. The summed E-state index contributed by atoms with van der Waals surface area (Å²) in [7, 11) is 1.57. The van der Waals surface area contributed by atoms with Gasteiger partial charge in [-0.3, -0.25) is 4.79 Å². The van der Waals surface area contributed by atoms with Crippen molar-refractivity contribution in [2.45, 2.75) is 17.9 Å². The summed E-state index contributed by atoms with van der Waals surface area (Å²) >= 11 is 1.50. The Labute approximate surface area is 133 Å². The first-order valence-electron chi connectivity index (χ1n) is 6.90. The first-order valence-corrected chi connectivity index (χ1v) is 7.95. The van der Waals surface area contributed by atoms with Crippen molar-refractivity contribution >= 4 is 23.4 Å². The number of ether oxygens (including phenoxy) is 1. The van der Waals surface area contributed by atoms with E-state index in [1.807, 2.05) is 19.1 Å². The second-order valence-electron chi connectivity index (χ2n) is 4.77. The zero-order chi connectivity index (χ0) is 15.9. The number of carbonyl (C=O) groups excluding carboxylic acids is 1. The van der Waals surface area contributed by atoms with Crippen LogP contribution in [0.2, 0.25) is 0 Å². The van der Waals surface area contributed by atoms with Crippen LogP contribution in [-0.2, 0) is 10.5 Å². The average Bonchev–Trinajstić information content (AvgIpc) is 2.54. The first kappa shape index (κ1) is 16.4. The maximum atomic E-state index is 12.8. The van der Waals surface area contributed by atoms with Crippen LogP contribution in [-0.4, -0.2) is 18.3 Å². The molecule has 22 heavy (non-hydrogen) atoms. The highest BCUT2D eigenvalue weighted by Gasteiger charge is 2.15. The van der Waals surface area contributed by atoms with Crippen molar-refractivity contribution in [3.8, 4) is 5.75 Å². The molecule has 0 aliphatic carbocycles. The number of thioether (sulfide) groups is 1. The molecule has 1 N–H and O–H groups in total. The molecule has 2 rings (SSSR count). The van der Waals surface area contributed by atoms with Gasteiger partial charge in [0.05, 0.1) is 18.0 Å². The topological polar surface area (TPSA) is 38.3 Å². The van der Waals surface area contributed by atoms with Crippen LogP contribution in [0, 0.1) is 5.82 Å². The van der Waals surface area contributed by atoms with Gasteiger partial charge >= 0.3 is 0 Å². The molecule has 0 radical (unpaired) electrons. The number of para-hydroxylation sites is 2. The Morgan fingerprint density at radius 3 is 2.59 bits per heavy atom. The smallest absolute Gasteiger partial charge is 0.237 e. The van der Waals surface area contributed by atoms with E-state index in [2.05, 4.69) is 5.32 Å². The molecule has 0 fully saturated rings. The Morgan fingerprint density at radius 2 is 1.91 bits per heavy atom. The van der Waals surface area contributed by atoms with Crippen LogP contribution in [0.3, 0.4) is 0 Å². The number of carbonyl (C=O) groups is 1. The molecule has 0 heterocycles. The second-order valence-corrected chi connectivity index (χ2v) is 6.10. The summed E-state index contributed by atoms with van der Waals surface area (Å²) in [5, 5.41) is 2.63. The van der Waals surface area contributed by atoms with Crippen molar-refractivity contribution in [3.63, 3.8) is 0 Å². The predicted octanol–water partition coefficient (Wildman–Crippen LogP) is 4.09. The van der Waals surface area contributed by atoms with Crippen molar-refractivity contribution in [2.24, 2.45) is 0 Å². The molecule has 0 spiro atoms. The van der Waals surface area contributed by atoms with Gasteiger partial charge in [-0.05, 0) is 36.8 Å². The number of hydrogen-bond acceptors (Lipinski definition) is 3. The summed E-state index contributed by atoms with van der Waals surface area (Å²) in [6, 6.07) is 13.6. The third-order valence-electron chi connectivity index (χ3n) is 3.15. The van der Waals surface area contributed by atoms with Crippen LogP contribution in [0.1, 0.15) is 12.5 Å². The van der Waals surface area contributed by atoms with Gasteiger partial charge in [-0.1, -0.05) is 24.3 Å². The monoisotopic (exact) mass is 319 g/mol. The molecule has 1 atom stereocenters. The molecule has 2 aromatic rings. The van der Waals surface area contributed by atoms with Crippen LogP contribution in [0.25, 0.3) is 0 Å². The van der Waals surface area contributed by atoms with E-state index < -0.39 is 0 Å². The third-order valence-corrected chi connectivity index (χ3v) is 4.36. The van der Waals surface area contributed by atoms with E-state index in [0.29, 0.717) is 17.2 Å². The van der Waals surface area contributed by atoms with Crippen molar-refractivity contribution in [3.05, 3.63) is 59.9 Å². The Hall–Kier alpha value is -2.01. The van der Waals surface area contributed by atoms with E-state index >= 15 is 0 Å². The predicted molar refractivity (Wildman–Crippen MR) is 88.8 cm³/mol. The van der Waals surface area contributed by atoms with Gasteiger partial charge in [-0.15, -0.1) is 11.8 Å². The molecule has 0 aromatic heterocycles. The van der Waals surface area contributed by atoms with E-state index in [9.17, 15) is 9.18 Å². The number of halogens is 1. The van der Waals surface area contributed by atoms with Gasteiger partial charge in [-0.25, -0.2) is 4.39 Å². The number of nitrogens with one attached hydrogen (secondary N) is 1. The van der Waals surface area contributed by atoms with Crippen molar-refractivity contribution < 1.29 is 13.9 Å². The highest BCUT2D eigenvalue weighted by atomic mass is 32.2. The standard InChI is InChI=1S/C17H18FNO2S/c1-12(22-11-13-7-9-14(18)10-8-13)17(20)19-15-5-3-4-6-16(15)21-2/h3-10,12H,11H2,1-2H3,(H,19,20)/t12-/m1/s1. The van der Waals surface area contributed by atoms with Crippen LogP contribution in [0.5, 0.6) is 5.75 Å². The van der Waals surface area contributed by atoms with Gasteiger partial charge in [0.2, 0.25) is 5.91 Å². The van der Waals surface area contributed by atoms with E-state index in [4.69, 9.17) is 4.74 Å². The van der Waals surface area contributed by atoms with Crippen molar-refractivity contribution in [1.82, 2.24) is 0 Å². The highest BCUT2D eigenvalue weighted by molar-refractivity contribution is 7.99. The van der Waals surface area contributed by atoms with Crippen LogP contribution >= 0.6 is 11.8 Å². The first-order chi connectivity index (χ1) is 10.6. The number of methoxy groups -OCH3 is 1. The summed E-state index contributed by atoms with van der Waals surface area (Å²) < 4.78 is 18.1. The number of benzene rings is 2. The third kappa shape index (κ3) is 4.49. The fourth-order valence-electron chi connectivity index (χ4n) is 1.86. The Bertz CT molecular complexity index is 631. The molecule has 0 aliphatic heterocycles. The average molecular weight is 319 g/mol. The number of anilines is 1. The zero-order valence-electron chi connectivity index (χ0n) is 12.5. The van der Waals surface area contributed by atoms with E-state index in [0.717, 1.165) is 5.56 Å². The minimum Gasteiger partial charge on any atom is -0.495 e. The Balaban J connectivity index is 1.90. The molecule has 116 valence electrons. The SMILES string of the molecule is COc1ccccc1NC(=O)[C@@H](C)SCc1ccc(F)cc1. The summed E-state index contributed by atoms with van der Waals surface area (Å²) in [6.45, 7) is 1.85. The number of rotatable bonds is 6. The second kappa shape index (κ2) is 7.84. The zero-order valence-corrected chi connectivity index (χ0v) is 13.3. The molecule has 3 nitrogen and oxygen atoms in total. The molecule has 0 aliphatic rings. The summed E-state index contributed by atoms with van der Waals surface area (Å²) in [5.74, 6) is 0.944. The minimum absolute atomic E-state index is 0.0865. The Morgan fingerprint density at radius 1 is 1.23 bits per heavy atom. The van der Waals surface area contributed by atoms with Crippen LogP contribution in [0.15, 0.2) is 48.5 Å². The molecular formula is C17H18FNO2S. The molecule has 0 saturated carbocycles. The van der Waals surface area contributed by atoms with Crippen LogP contribution < -0.4 is 10.1 Å². The van der Waals surface area contributed by atoms with Gasteiger partial charge in [0.25, 0.3) is 0 Å². The lowest BCUT2D eigenvalue weighted by molar-refractivity contribution is -0.115. The van der Waals surface area contributed by atoms with Gasteiger partial charge in [0.1, 0.15) is 11.6 Å². The van der Waals surface area contributed by atoms with E-state index in [1.165, 1.54) is 23.9 Å². The largest absolute Gasteiger partial charge is 0.495 e. The van der Waals surface area contributed by atoms with Gasteiger partial charge in [-0.2, -0.15) is 0 Å². The quantitative estimate of drug-likeness (QED) is 0.871. The van der Waals surface area contributed by atoms with Gasteiger partial charge < -0.3 is 10.1 Å². The number of hydrogen-bond donors (Lipinski definition) is 1. The van der Waals surface area contributed by atoms with E-state index in [-0.39, 0.29) is 17.0 Å². The van der Waals surface area contributed by atoms with Gasteiger partial charge in [0.15, 0.2) is 0 Å². The maximum absolute atomic E-state index is 12.8. The van der Waals surface area contributed by atoms with Crippen molar-refractivity contribution in [1.29, 1.82) is 0 Å². The lowest BCUT2D eigenvalue weighted by atomic mass is 10.2. The maximum Gasteiger partial charge on any atom is 0.237 e. The fourth-order valence-corrected chi connectivity index (χ4v) is 2.71. The molecule has 5 heteroatoms. The summed E-state index contributed by atoms with van der Waals surface area (Å²) in [6.07, 6.45) is 0. The summed E-state index contributed by atoms with van der Waals surface area (Å²) in [5.41, 5.74) is 1.65.